The Balaban J connectivity index is 2.13. The minimum atomic E-state index is -0.378. The number of hydrogen-bond acceptors (Lipinski definition) is 4. The normalized spacial score (nSPS) is 12.0. The maximum Gasteiger partial charge on any atom is 0.178 e. The topological polar surface area (TPSA) is 60.4 Å². The molecule has 0 radical (unpaired) electrons. The Morgan fingerprint density at radius 1 is 0.846 bits per heavy atom. The lowest BCUT2D eigenvalue weighted by Gasteiger charge is -2.24. The summed E-state index contributed by atoms with van der Waals surface area (Å²) in [5.41, 5.74) is 2.21. The van der Waals surface area contributed by atoms with Crippen molar-refractivity contribution in [2.24, 2.45) is 0 Å². The zero-order valence-electron chi connectivity index (χ0n) is 13.5. The molecule has 2 aromatic carbocycles. The average molecular weight is 412 g/mol. The zero-order valence-corrected chi connectivity index (χ0v) is 15.7. The van der Waals surface area contributed by atoms with E-state index in [4.69, 9.17) is 39.5 Å². The third-order valence-corrected chi connectivity index (χ3v) is 4.91. The maximum absolute atomic E-state index is 12.4. The highest BCUT2D eigenvalue weighted by Gasteiger charge is 2.27. The Morgan fingerprint density at radius 2 is 1.50 bits per heavy atom. The van der Waals surface area contributed by atoms with Gasteiger partial charge in [-0.15, -0.1) is 34.8 Å². The third kappa shape index (κ3) is 3.37. The highest BCUT2D eigenvalue weighted by atomic mass is 35.5. The quantitative estimate of drug-likeness (QED) is 0.438. The number of benzene rings is 2. The molecule has 0 N–H and O–H groups in total. The van der Waals surface area contributed by atoms with Crippen LogP contribution in [-0.2, 0) is 6.42 Å². The van der Waals surface area contributed by atoms with Gasteiger partial charge in [0, 0.05) is 34.2 Å². The van der Waals surface area contributed by atoms with Gasteiger partial charge in [-0.2, -0.15) is 0 Å². The summed E-state index contributed by atoms with van der Waals surface area (Å²) >= 11 is 17.0. The van der Waals surface area contributed by atoms with Crippen molar-refractivity contribution in [3.8, 4) is 11.5 Å². The van der Waals surface area contributed by atoms with Crippen LogP contribution >= 0.6 is 34.8 Å². The van der Waals surface area contributed by atoms with Crippen molar-refractivity contribution in [2.45, 2.75) is 6.42 Å². The molecule has 1 aliphatic rings. The smallest absolute Gasteiger partial charge is 0.178 e. The molecule has 2 aromatic rings. The standard InChI is InChI=1S/C19H13Cl3O4/c20-7-14(23)10-1-3-17-11(5-10)6-13-18(26-17)4-2-12(15(24)8-21)19(13)16(25)9-22/h1-5H,6-9H2. The number of alkyl halides is 3. The van der Waals surface area contributed by atoms with Crippen LogP contribution in [0.2, 0.25) is 0 Å². The largest absolute Gasteiger partial charge is 0.457 e. The molecule has 0 saturated heterocycles. The van der Waals surface area contributed by atoms with Crippen LogP contribution in [0.25, 0.3) is 0 Å². The van der Waals surface area contributed by atoms with Crippen molar-refractivity contribution < 1.29 is 19.1 Å². The first-order valence-corrected chi connectivity index (χ1v) is 9.34. The first-order chi connectivity index (χ1) is 12.5. The van der Waals surface area contributed by atoms with Gasteiger partial charge < -0.3 is 4.74 Å². The molecule has 1 aliphatic heterocycles. The van der Waals surface area contributed by atoms with E-state index in [9.17, 15) is 14.4 Å². The average Bonchev–Trinajstić information content (AvgIpc) is 2.69. The van der Waals surface area contributed by atoms with Crippen LogP contribution in [0, 0.1) is 0 Å². The van der Waals surface area contributed by atoms with E-state index >= 15 is 0 Å². The summed E-state index contributed by atoms with van der Waals surface area (Å²) < 4.78 is 5.87. The predicted octanol–water partition coefficient (Wildman–Crippen LogP) is 4.65. The van der Waals surface area contributed by atoms with Gasteiger partial charge in [-0.25, -0.2) is 0 Å². The lowest BCUT2D eigenvalue weighted by molar-refractivity contribution is 0.0983. The van der Waals surface area contributed by atoms with Gasteiger partial charge in [0.05, 0.1) is 17.6 Å². The lowest BCUT2D eigenvalue weighted by Crippen LogP contribution is -2.17. The van der Waals surface area contributed by atoms with Crippen molar-refractivity contribution in [3.63, 3.8) is 0 Å². The summed E-state index contributed by atoms with van der Waals surface area (Å²) in [5, 5.41) is 0. The van der Waals surface area contributed by atoms with Gasteiger partial charge in [0.15, 0.2) is 17.3 Å². The van der Waals surface area contributed by atoms with Gasteiger partial charge in [0.25, 0.3) is 0 Å². The minimum Gasteiger partial charge on any atom is -0.457 e. The molecule has 4 nitrogen and oxygen atoms in total. The second kappa shape index (κ2) is 7.78. The van der Waals surface area contributed by atoms with Crippen LogP contribution in [0.1, 0.15) is 42.2 Å². The highest BCUT2D eigenvalue weighted by molar-refractivity contribution is 6.34. The molecule has 0 bridgehead atoms. The molecule has 0 atom stereocenters. The van der Waals surface area contributed by atoms with E-state index in [0.717, 1.165) is 5.56 Å². The second-order valence-electron chi connectivity index (χ2n) is 5.74. The van der Waals surface area contributed by atoms with Crippen molar-refractivity contribution in [2.75, 3.05) is 17.6 Å². The number of rotatable bonds is 6. The number of fused-ring (bicyclic) bond motifs is 2. The number of hydrogen-bond donors (Lipinski definition) is 0. The Morgan fingerprint density at radius 3 is 2.15 bits per heavy atom. The van der Waals surface area contributed by atoms with Crippen LogP contribution < -0.4 is 4.74 Å². The molecule has 0 spiro atoms. The number of Topliss-reactive ketones (excluding diaryl/α,β-unsaturated/α-hetero) is 3. The fraction of sp³-hybridized carbons (Fsp3) is 0.211. The fourth-order valence-corrected chi connectivity index (χ4v) is 3.40. The predicted molar refractivity (Wildman–Crippen MR) is 101 cm³/mol. The van der Waals surface area contributed by atoms with Crippen molar-refractivity contribution in [1.29, 1.82) is 0 Å². The molecule has 0 aromatic heterocycles. The van der Waals surface area contributed by atoms with Gasteiger partial charge in [-0.1, -0.05) is 0 Å². The van der Waals surface area contributed by atoms with E-state index in [1.54, 1.807) is 24.3 Å². The Labute approximate surface area is 165 Å². The molecule has 0 aliphatic carbocycles. The summed E-state index contributed by atoms with van der Waals surface area (Å²) in [5.74, 6) is -0.511. The van der Waals surface area contributed by atoms with Crippen LogP contribution in [0.5, 0.6) is 11.5 Å². The van der Waals surface area contributed by atoms with Crippen molar-refractivity contribution in [1.82, 2.24) is 0 Å². The monoisotopic (exact) mass is 410 g/mol. The van der Waals surface area contributed by atoms with Crippen LogP contribution in [0.4, 0.5) is 0 Å². The molecular weight excluding hydrogens is 399 g/mol. The number of carbonyl (C=O) groups is 3. The van der Waals surface area contributed by atoms with E-state index in [1.165, 1.54) is 6.07 Å². The fourth-order valence-electron chi connectivity index (χ4n) is 2.97. The molecule has 1 heterocycles. The number of carbonyl (C=O) groups excluding carboxylic acids is 3. The van der Waals surface area contributed by atoms with Gasteiger partial charge >= 0.3 is 0 Å². The van der Waals surface area contributed by atoms with Crippen LogP contribution in [-0.4, -0.2) is 35.0 Å². The Bertz CT molecular complexity index is 921. The van der Waals surface area contributed by atoms with E-state index in [-0.39, 0.29) is 46.1 Å². The van der Waals surface area contributed by atoms with Crippen LogP contribution in [0.15, 0.2) is 30.3 Å². The Hall–Kier alpha value is -1.88. The first-order valence-electron chi connectivity index (χ1n) is 7.74. The van der Waals surface area contributed by atoms with Crippen molar-refractivity contribution >= 4 is 52.2 Å². The highest BCUT2D eigenvalue weighted by Crippen LogP contribution is 2.40. The molecule has 0 amide bonds. The molecule has 0 fully saturated rings. The number of ketones is 3. The van der Waals surface area contributed by atoms with E-state index in [0.29, 0.717) is 29.0 Å². The Kier molecular flexibility index (Phi) is 5.66. The third-order valence-electron chi connectivity index (χ3n) is 4.18. The number of halogens is 3. The molecule has 0 unspecified atom stereocenters. The molecular formula is C19H13Cl3O4. The van der Waals surface area contributed by atoms with E-state index < -0.39 is 0 Å². The van der Waals surface area contributed by atoms with Gasteiger partial charge in [0.2, 0.25) is 0 Å². The summed E-state index contributed by atoms with van der Waals surface area (Å²) in [6.07, 6.45) is 0.329. The van der Waals surface area contributed by atoms with E-state index in [2.05, 4.69) is 0 Å². The van der Waals surface area contributed by atoms with Gasteiger partial charge in [0.1, 0.15) is 11.5 Å². The SMILES string of the molecule is O=C(CCl)c1ccc2c(c1)Cc1c(ccc(C(=O)CCl)c1C(=O)CCl)O2. The minimum absolute atomic E-state index is 0.124. The van der Waals surface area contributed by atoms with Crippen LogP contribution in [0.3, 0.4) is 0 Å². The molecule has 134 valence electrons. The zero-order chi connectivity index (χ0) is 18.8. The van der Waals surface area contributed by atoms with Crippen molar-refractivity contribution in [3.05, 3.63) is 58.1 Å². The number of ether oxygens (including phenoxy) is 1. The summed E-state index contributed by atoms with van der Waals surface area (Å²) in [4.78, 5) is 36.4. The van der Waals surface area contributed by atoms with E-state index in [1.807, 2.05) is 0 Å². The molecule has 26 heavy (non-hydrogen) atoms. The summed E-state index contributed by atoms with van der Waals surface area (Å²) in [6.45, 7) is 0. The second-order valence-corrected chi connectivity index (χ2v) is 6.54. The van der Waals surface area contributed by atoms with Gasteiger partial charge in [-0.05, 0) is 30.3 Å². The van der Waals surface area contributed by atoms with Gasteiger partial charge in [-0.3, -0.25) is 14.4 Å². The molecule has 3 rings (SSSR count). The lowest BCUT2D eigenvalue weighted by atomic mass is 9.89. The molecule has 0 saturated carbocycles. The summed E-state index contributed by atoms with van der Waals surface area (Å²) in [6, 6.07) is 8.19. The molecule has 7 heteroatoms. The first kappa shape index (κ1) is 18.9. The maximum atomic E-state index is 12.4. The summed E-state index contributed by atoms with van der Waals surface area (Å²) in [7, 11) is 0.